The highest BCUT2D eigenvalue weighted by atomic mass is 19.4. The maximum absolute atomic E-state index is 12.0. The van der Waals surface area contributed by atoms with E-state index in [4.69, 9.17) is 5.26 Å². The molecule has 6 heteroatoms. The van der Waals surface area contributed by atoms with Crippen molar-refractivity contribution in [3.63, 3.8) is 0 Å². The summed E-state index contributed by atoms with van der Waals surface area (Å²) in [7, 11) is 0. The zero-order valence-corrected chi connectivity index (χ0v) is 6.88. The first-order chi connectivity index (χ1) is 6.54. The number of hydrogen-bond donors (Lipinski definition) is 0. The predicted octanol–water partition coefficient (Wildman–Crippen LogP) is 2.00. The van der Waals surface area contributed by atoms with Crippen LogP contribution in [0.5, 0.6) is 5.88 Å². The molecular weight excluding hydrogens is 197 g/mol. The molecule has 0 aliphatic rings. The van der Waals surface area contributed by atoms with Crippen molar-refractivity contribution in [2.24, 2.45) is 0 Å². The fourth-order valence-corrected chi connectivity index (χ4v) is 0.740. The number of alkyl halides is 3. The summed E-state index contributed by atoms with van der Waals surface area (Å²) in [5.74, 6) is -0.000417. The molecule has 0 spiro atoms. The highest BCUT2D eigenvalue weighted by Gasteiger charge is 2.30. The van der Waals surface area contributed by atoms with Crippen molar-refractivity contribution in [2.45, 2.75) is 6.18 Å². The highest BCUT2D eigenvalue weighted by Crippen LogP contribution is 2.28. The quantitative estimate of drug-likeness (QED) is 0.736. The van der Waals surface area contributed by atoms with Gasteiger partial charge in [0, 0.05) is 12.3 Å². The minimum atomic E-state index is -4.40. The van der Waals surface area contributed by atoms with E-state index in [0.717, 1.165) is 12.1 Å². The summed E-state index contributed by atoms with van der Waals surface area (Å²) in [6.45, 7) is -0.238. The number of rotatable bonds is 2. The van der Waals surface area contributed by atoms with Crippen LogP contribution in [0, 0.1) is 11.3 Å². The van der Waals surface area contributed by atoms with Crippen LogP contribution in [-0.4, -0.2) is 11.6 Å². The molecule has 0 aliphatic heterocycles. The molecule has 1 heterocycles. The minimum Gasteiger partial charge on any atom is -0.462 e. The minimum absolute atomic E-state index is 0.000417. The van der Waals surface area contributed by atoms with Crippen molar-refractivity contribution in [3.05, 3.63) is 23.9 Å². The number of hydrogen-bond acceptors (Lipinski definition) is 3. The lowest BCUT2D eigenvalue weighted by Crippen LogP contribution is -2.05. The molecule has 0 aliphatic carbocycles. The van der Waals surface area contributed by atoms with Crippen LogP contribution in [0.1, 0.15) is 5.56 Å². The van der Waals surface area contributed by atoms with Gasteiger partial charge in [0.25, 0.3) is 0 Å². The van der Waals surface area contributed by atoms with Gasteiger partial charge in [-0.05, 0) is 6.07 Å². The van der Waals surface area contributed by atoms with E-state index < -0.39 is 11.7 Å². The van der Waals surface area contributed by atoms with Gasteiger partial charge in [0.1, 0.15) is 6.07 Å². The van der Waals surface area contributed by atoms with Gasteiger partial charge in [0.15, 0.2) is 6.61 Å². The summed E-state index contributed by atoms with van der Waals surface area (Å²) in [5.41, 5.74) is -0.846. The second kappa shape index (κ2) is 3.96. The van der Waals surface area contributed by atoms with E-state index in [1.54, 1.807) is 6.07 Å². The first-order valence-electron chi connectivity index (χ1n) is 3.57. The predicted molar refractivity (Wildman–Crippen MR) is 40.3 cm³/mol. The Morgan fingerprint density at radius 3 is 2.57 bits per heavy atom. The molecule has 0 atom stereocenters. The Bertz CT molecular complexity index is 339. The molecular formula is C8H5F3N2O. The molecule has 14 heavy (non-hydrogen) atoms. The fraction of sp³-hybridized carbons (Fsp3) is 0.250. The molecule has 3 nitrogen and oxygen atoms in total. The number of pyridine rings is 1. The lowest BCUT2D eigenvalue weighted by Gasteiger charge is -2.06. The van der Waals surface area contributed by atoms with Crippen LogP contribution in [0.25, 0.3) is 0 Å². The normalized spacial score (nSPS) is 10.7. The summed E-state index contributed by atoms with van der Waals surface area (Å²) >= 11 is 0. The third kappa shape index (κ3) is 2.62. The van der Waals surface area contributed by atoms with Gasteiger partial charge >= 0.3 is 6.18 Å². The smallest absolute Gasteiger partial charge is 0.417 e. The number of nitriles is 1. The number of halogens is 3. The standard InChI is InChI=1S/C8H5F3N2O/c9-8(10,11)6-1-2-7(13-5-6)14-4-3-12/h1-2,5H,4H2. The summed E-state index contributed by atoms with van der Waals surface area (Å²) in [6.07, 6.45) is -3.74. The maximum atomic E-state index is 12.0. The highest BCUT2D eigenvalue weighted by molar-refractivity contribution is 5.20. The van der Waals surface area contributed by atoms with Crippen LogP contribution in [0.2, 0.25) is 0 Å². The molecule has 0 saturated carbocycles. The average Bonchev–Trinajstić information content (AvgIpc) is 2.14. The van der Waals surface area contributed by atoms with E-state index in [1.165, 1.54) is 0 Å². The zero-order valence-electron chi connectivity index (χ0n) is 6.88. The van der Waals surface area contributed by atoms with Crippen LogP contribution < -0.4 is 4.74 Å². The van der Waals surface area contributed by atoms with Crippen LogP contribution in [0.4, 0.5) is 13.2 Å². The molecule has 1 aromatic rings. The molecule has 0 bridgehead atoms. The largest absolute Gasteiger partial charge is 0.462 e. The molecule has 1 rings (SSSR count). The van der Waals surface area contributed by atoms with Gasteiger partial charge in [-0.1, -0.05) is 0 Å². The Morgan fingerprint density at radius 2 is 2.14 bits per heavy atom. The zero-order chi connectivity index (χ0) is 10.6. The van der Waals surface area contributed by atoms with E-state index in [2.05, 4.69) is 9.72 Å². The molecule has 0 unspecified atom stereocenters. The third-order valence-corrected chi connectivity index (χ3v) is 1.35. The lowest BCUT2D eigenvalue weighted by molar-refractivity contribution is -0.137. The lowest BCUT2D eigenvalue weighted by atomic mass is 10.3. The first kappa shape index (κ1) is 10.3. The van der Waals surface area contributed by atoms with Gasteiger partial charge < -0.3 is 4.74 Å². The van der Waals surface area contributed by atoms with Gasteiger partial charge in [-0.25, -0.2) is 4.98 Å². The van der Waals surface area contributed by atoms with Crippen molar-refractivity contribution in [1.29, 1.82) is 5.26 Å². The number of aromatic nitrogens is 1. The van der Waals surface area contributed by atoms with Crippen LogP contribution in [0.15, 0.2) is 18.3 Å². The second-order valence-corrected chi connectivity index (χ2v) is 2.33. The van der Waals surface area contributed by atoms with E-state index in [9.17, 15) is 13.2 Å². The van der Waals surface area contributed by atoms with Crippen molar-refractivity contribution in [3.8, 4) is 11.9 Å². The average molecular weight is 202 g/mol. The maximum Gasteiger partial charge on any atom is 0.417 e. The summed E-state index contributed by atoms with van der Waals surface area (Å²) < 4.78 is 40.8. The van der Waals surface area contributed by atoms with Crippen molar-refractivity contribution in [2.75, 3.05) is 6.61 Å². The van der Waals surface area contributed by atoms with E-state index >= 15 is 0 Å². The Hall–Kier alpha value is -1.77. The fourth-order valence-electron chi connectivity index (χ4n) is 0.740. The van der Waals surface area contributed by atoms with E-state index in [1.807, 2.05) is 0 Å². The van der Waals surface area contributed by atoms with Gasteiger partial charge in [-0.2, -0.15) is 18.4 Å². The van der Waals surface area contributed by atoms with Crippen LogP contribution in [0.3, 0.4) is 0 Å². The Labute approximate surface area is 77.7 Å². The molecule has 0 saturated heterocycles. The monoisotopic (exact) mass is 202 g/mol. The molecule has 1 aromatic heterocycles. The van der Waals surface area contributed by atoms with Gasteiger partial charge in [-0.3, -0.25) is 0 Å². The van der Waals surface area contributed by atoms with E-state index in [-0.39, 0.29) is 12.5 Å². The first-order valence-corrected chi connectivity index (χ1v) is 3.57. The van der Waals surface area contributed by atoms with Crippen molar-refractivity contribution in [1.82, 2.24) is 4.98 Å². The van der Waals surface area contributed by atoms with Crippen molar-refractivity contribution >= 4 is 0 Å². The van der Waals surface area contributed by atoms with E-state index in [0.29, 0.717) is 6.20 Å². The van der Waals surface area contributed by atoms with Gasteiger partial charge in [-0.15, -0.1) is 0 Å². The number of ether oxygens (including phenoxy) is 1. The molecule has 74 valence electrons. The van der Waals surface area contributed by atoms with Gasteiger partial charge in [0.2, 0.25) is 5.88 Å². The van der Waals surface area contributed by atoms with Crippen molar-refractivity contribution < 1.29 is 17.9 Å². The third-order valence-electron chi connectivity index (χ3n) is 1.35. The molecule has 0 fully saturated rings. The summed E-state index contributed by atoms with van der Waals surface area (Å²) in [5, 5.41) is 8.13. The molecule has 0 radical (unpaired) electrons. The molecule has 0 N–H and O–H groups in total. The Kier molecular flexibility index (Phi) is 2.92. The number of nitrogens with zero attached hydrogens (tertiary/aromatic N) is 2. The Morgan fingerprint density at radius 1 is 1.43 bits per heavy atom. The molecule has 0 amide bonds. The van der Waals surface area contributed by atoms with Crippen LogP contribution in [-0.2, 0) is 6.18 Å². The molecule has 0 aromatic carbocycles. The summed E-state index contributed by atoms with van der Waals surface area (Å²) in [4.78, 5) is 3.39. The van der Waals surface area contributed by atoms with Gasteiger partial charge in [0.05, 0.1) is 5.56 Å². The SMILES string of the molecule is N#CCOc1ccc(C(F)(F)F)cn1. The summed E-state index contributed by atoms with van der Waals surface area (Å²) in [6, 6.07) is 3.59. The second-order valence-electron chi connectivity index (χ2n) is 2.33. The van der Waals surface area contributed by atoms with Crippen LogP contribution >= 0.6 is 0 Å². The Balaban J connectivity index is 2.75. The topological polar surface area (TPSA) is 45.9 Å².